The lowest BCUT2D eigenvalue weighted by molar-refractivity contribution is 0.226. The van der Waals surface area contributed by atoms with E-state index in [0.29, 0.717) is 10.8 Å². The van der Waals surface area contributed by atoms with E-state index in [1.165, 1.54) is 32.1 Å². The molecule has 0 saturated heterocycles. The maximum Gasteiger partial charge on any atom is -0.0354 e. The number of rotatable bonds is 4. The van der Waals surface area contributed by atoms with Gasteiger partial charge in [-0.25, -0.2) is 0 Å². The molecule has 17 heavy (non-hydrogen) atoms. The smallest absolute Gasteiger partial charge is 0.0354 e. The summed E-state index contributed by atoms with van der Waals surface area (Å²) >= 11 is 0. The Morgan fingerprint density at radius 2 is 1.18 bits per heavy atom. The molecule has 0 atom stereocenters. The molecular weight excluding hydrogens is 204 g/mol. The highest BCUT2D eigenvalue weighted by Crippen LogP contribution is 2.30. The van der Waals surface area contributed by atoms with Crippen LogP contribution in [0.4, 0.5) is 0 Å². The van der Waals surface area contributed by atoms with Crippen LogP contribution in [-0.2, 0) is 0 Å². The molecule has 0 N–H and O–H groups in total. The first-order valence-corrected chi connectivity index (χ1v) is 7.58. The summed E-state index contributed by atoms with van der Waals surface area (Å²) in [4.78, 5) is 0. The summed E-state index contributed by atoms with van der Waals surface area (Å²) in [5.41, 5.74) is 1.07. The van der Waals surface area contributed by atoms with Crippen molar-refractivity contribution in [2.75, 3.05) is 0 Å². The van der Waals surface area contributed by atoms with Gasteiger partial charge in [-0.2, -0.15) is 0 Å². The van der Waals surface area contributed by atoms with E-state index in [4.69, 9.17) is 0 Å². The summed E-state index contributed by atoms with van der Waals surface area (Å²) < 4.78 is 0. The second-order valence-electron chi connectivity index (χ2n) is 7.54. The van der Waals surface area contributed by atoms with E-state index in [1.54, 1.807) is 0 Å². The van der Waals surface area contributed by atoms with Gasteiger partial charge >= 0.3 is 0 Å². The topological polar surface area (TPSA) is 0 Å². The van der Waals surface area contributed by atoms with Crippen LogP contribution in [0.25, 0.3) is 0 Å². The van der Waals surface area contributed by atoms with E-state index >= 15 is 0 Å². The third-order valence-electron chi connectivity index (χ3n) is 3.49. The fraction of sp³-hybridized carbons (Fsp3) is 1.00. The predicted octanol–water partition coefficient (Wildman–Crippen LogP) is 6.69. The van der Waals surface area contributed by atoms with Crippen molar-refractivity contribution in [1.29, 1.82) is 0 Å². The third-order valence-corrected chi connectivity index (χ3v) is 3.49. The summed E-state index contributed by atoms with van der Waals surface area (Å²) in [6.07, 6.45) is 6.71. The van der Waals surface area contributed by atoms with Gasteiger partial charge in [0.1, 0.15) is 0 Å². The Labute approximate surface area is 112 Å². The Morgan fingerprint density at radius 3 is 1.24 bits per heavy atom. The molecule has 0 amide bonds. The monoisotopic (exact) mass is 242 g/mol. The van der Waals surface area contributed by atoms with Crippen molar-refractivity contribution < 1.29 is 0 Å². The molecule has 106 valence electrons. The van der Waals surface area contributed by atoms with Crippen LogP contribution >= 0.6 is 0 Å². The second kappa shape index (κ2) is 9.00. The molecule has 0 spiro atoms. The van der Waals surface area contributed by atoms with E-state index in [1.807, 2.05) is 0 Å². The molecule has 0 heteroatoms. The Kier molecular flexibility index (Phi) is 10.2. The fourth-order valence-electron chi connectivity index (χ4n) is 2.22. The molecule has 0 saturated carbocycles. The largest absolute Gasteiger partial charge is 0.0654 e. The van der Waals surface area contributed by atoms with E-state index in [2.05, 4.69) is 62.3 Å². The Hall–Kier alpha value is 0. The summed E-state index contributed by atoms with van der Waals surface area (Å²) in [6.45, 7) is 20.7. The maximum atomic E-state index is 2.32. The number of hydrogen-bond donors (Lipinski definition) is 0. The summed E-state index contributed by atoms with van der Waals surface area (Å²) in [5, 5.41) is 0. The SMILES string of the molecule is CCC(CC)C(C)(C)C.CCCCC(C)(C)C. The highest BCUT2D eigenvalue weighted by molar-refractivity contribution is 4.70. The Morgan fingerprint density at radius 1 is 0.765 bits per heavy atom. The van der Waals surface area contributed by atoms with Crippen LogP contribution < -0.4 is 0 Å². The van der Waals surface area contributed by atoms with E-state index in [9.17, 15) is 0 Å². The van der Waals surface area contributed by atoms with Crippen molar-refractivity contribution >= 4 is 0 Å². The number of unbranched alkanes of at least 4 members (excludes halogenated alkanes) is 1. The molecule has 0 aromatic heterocycles. The van der Waals surface area contributed by atoms with Crippen molar-refractivity contribution in [2.45, 2.75) is 94.4 Å². The maximum absolute atomic E-state index is 2.32. The zero-order chi connectivity index (χ0) is 14.1. The van der Waals surface area contributed by atoms with Gasteiger partial charge in [-0.3, -0.25) is 0 Å². The van der Waals surface area contributed by atoms with Gasteiger partial charge in [0.15, 0.2) is 0 Å². The van der Waals surface area contributed by atoms with Gasteiger partial charge in [0.2, 0.25) is 0 Å². The highest BCUT2D eigenvalue weighted by Gasteiger charge is 2.20. The quantitative estimate of drug-likeness (QED) is 0.515. The first-order valence-electron chi connectivity index (χ1n) is 7.58. The molecular formula is C17H38. The first kappa shape index (κ1) is 19.3. The first-order chi connectivity index (χ1) is 7.58. The van der Waals surface area contributed by atoms with Crippen LogP contribution in [0.3, 0.4) is 0 Å². The molecule has 0 heterocycles. The molecule has 0 fully saturated rings. The molecule has 0 unspecified atom stereocenters. The summed E-state index contributed by atoms with van der Waals surface area (Å²) in [7, 11) is 0. The van der Waals surface area contributed by atoms with Gasteiger partial charge in [-0.15, -0.1) is 0 Å². The van der Waals surface area contributed by atoms with Crippen LogP contribution in [0.1, 0.15) is 94.4 Å². The molecule has 0 radical (unpaired) electrons. The van der Waals surface area contributed by atoms with Gasteiger partial charge < -0.3 is 0 Å². The molecule has 0 bridgehead atoms. The van der Waals surface area contributed by atoms with Crippen molar-refractivity contribution in [1.82, 2.24) is 0 Å². The van der Waals surface area contributed by atoms with Crippen molar-refractivity contribution in [3.63, 3.8) is 0 Å². The summed E-state index contributed by atoms with van der Waals surface area (Å²) in [6, 6.07) is 0. The second-order valence-corrected chi connectivity index (χ2v) is 7.54. The molecule has 0 rings (SSSR count). The lowest BCUT2D eigenvalue weighted by atomic mass is 9.78. The average molecular weight is 242 g/mol. The van der Waals surface area contributed by atoms with Crippen LogP contribution in [0.2, 0.25) is 0 Å². The van der Waals surface area contributed by atoms with Crippen LogP contribution in [0.15, 0.2) is 0 Å². The van der Waals surface area contributed by atoms with Gasteiger partial charge in [-0.05, 0) is 23.2 Å². The summed E-state index contributed by atoms with van der Waals surface area (Å²) in [5.74, 6) is 0.900. The average Bonchev–Trinajstić information content (AvgIpc) is 2.14. The van der Waals surface area contributed by atoms with E-state index in [0.717, 1.165) is 5.92 Å². The minimum atomic E-state index is 0.517. The molecule has 0 aromatic carbocycles. The minimum absolute atomic E-state index is 0.517. The standard InChI is InChI=1S/C9H20.C8H18/c1-6-8(7-2)9(3,4)5;1-5-6-7-8(2,3)4/h8H,6-7H2,1-5H3;5-7H2,1-4H3. The zero-order valence-corrected chi connectivity index (χ0v) is 14.1. The highest BCUT2D eigenvalue weighted by atomic mass is 14.3. The van der Waals surface area contributed by atoms with Crippen LogP contribution in [0, 0.1) is 16.7 Å². The Bertz CT molecular complexity index is 150. The van der Waals surface area contributed by atoms with Crippen molar-refractivity contribution in [3.05, 3.63) is 0 Å². The molecule has 0 aliphatic heterocycles. The molecule has 0 nitrogen and oxygen atoms in total. The van der Waals surface area contributed by atoms with Gasteiger partial charge in [0, 0.05) is 0 Å². The van der Waals surface area contributed by atoms with Gasteiger partial charge in [0.25, 0.3) is 0 Å². The predicted molar refractivity (Wildman–Crippen MR) is 82.5 cm³/mol. The van der Waals surface area contributed by atoms with E-state index < -0.39 is 0 Å². The Balaban J connectivity index is 0. The van der Waals surface area contributed by atoms with Crippen LogP contribution in [-0.4, -0.2) is 0 Å². The zero-order valence-electron chi connectivity index (χ0n) is 14.1. The molecule has 0 aliphatic rings. The fourth-order valence-corrected chi connectivity index (χ4v) is 2.22. The van der Waals surface area contributed by atoms with Gasteiger partial charge in [-0.1, -0.05) is 88.0 Å². The molecule has 0 aliphatic carbocycles. The van der Waals surface area contributed by atoms with Crippen LogP contribution in [0.5, 0.6) is 0 Å². The van der Waals surface area contributed by atoms with E-state index in [-0.39, 0.29) is 0 Å². The third kappa shape index (κ3) is 13.9. The van der Waals surface area contributed by atoms with Gasteiger partial charge in [0.05, 0.1) is 0 Å². The molecule has 0 aromatic rings. The lowest BCUT2D eigenvalue weighted by Gasteiger charge is -2.28. The normalized spacial score (nSPS) is 12.4. The lowest BCUT2D eigenvalue weighted by Crippen LogP contribution is -2.18. The van der Waals surface area contributed by atoms with Crippen molar-refractivity contribution in [3.8, 4) is 0 Å². The minimum Gasteiger partial charge on any atom is -0.0654 e. The number of hydrogen-bond acceptors (Lipinski definition) is 0. The van der Waals surface area contributed by atoms with Crippen molar-refractivity contribution in [2.24, 2.45) is 16.7 Å².